The first kappa shape index (κ1) is 76.1. The van der Waals surface area contributed by atoms with Crippen LogP contribution in [0.3, 0.4) is 0 Å². The normalized spacial score (nSPS) is 12.4. The van der Waals surface area contributed by atoms with Crippen LogP contribution in [-0.2, 0) is 28.6 Å². The van der Waals surface area contributed by atoms with Gasteiger partial charge in [0.15, 0.2) is 6.10 Å². The molecule has 0 radical (unpaired) electrons. The summed E-state index contributed by atoms with van der Waals surface area (Å²) in [7, 11) is 0. The monoisotopic (exact) mass is 1110 g/mol. The predicted molar refractivity (Wildman–Crippen MR) is 344 cm³/mol. The molecule has 0 fully saturated rings. The summed E-state index contributed by atoms with van der Waals surface area (Å²) in [4.78, 5) is 38.5. The summed E-state index contributed by atoms with van der Waals surface area (Å²) in [5.41, 5.74) is 0. The fourth-order valence-corrected chi connectivity index (χ4v) is 10.2. The molecule has 0 amide bonds. The van der Waals surface area contributed by atoms with E-state index in [-0.39, 0.29) is 31.1 Å². The van der Waals surface area contributed by atoms with Crippen molar-refractivity contribution in [3.8, 4) is 0 Å². The van der Waals surface area contributed by atoms with Crippen LogP contribution in [0.2, 0.25) is 0 Å². The topological polar surface area (TPSA) is 78.9 Å². The highest BCUT2D eigenvalue weighted by Gasteiger charge is 2.19. The second-order valence-corrected chi connectivity index (χ2v) is 23.4. The summed E-state index contributed by atoms with van der Waals surface area (Å²) in [5, 5.41) is 0. The van der Waals surface area contributed by atoms with Gasteiger partial charge in [-0.2, -0.15) is 0 Å². The quantitative estimate of drug-likeness (QED) is 0.0261. The Kier molecular flexibility index (Phi) is 65.1. The zero-order valence-electron chi connectivity index (χ0n) is 52.9. The van der Waals surface area contributed by atoms with Crippen molar-refractivity contribution in [2.75, 3.05) is 13.2 Å². The molecule has 0 rings (SSSR count). The molecule has 6 nitrogen and oxygen atoms in total. The van der Waals surface area contributed by atoms with E-state index in [0.29, 0.717) is 19.3 Å². The zero-order chi connectivity index (χ0) is 57.1. The Morgan fingerprint density at radius 3 is 0.734 bits per heavy atom. The van der Waals surface area contributed by atoms with Crippen LogP contribution in [0.5, 0.6) is 0 Å². The van der Waals surface area contributed by atoms with Crippen LogP contribution in [0.4, 0.5) is 0 Å². The number of allylic oxidation sites excluding steroid dienone is 10. The van der Waals surface area contributed by atoms with E-state index in [1.807, 2.05) is 0 Å². The van der Waals surface area contributed by atoms with Crippen LogP contribution in [0.1, 0.15) is 367 Å². The van der Waals surface area contributed by atoms with Gasteiger partial charge in [0.2, 0.25) is 0 Å². The highest BCUT2D eigenvalue weighted by atomic mass is 16.6. The van der Waals surface area contributed by atoms with Crippen LogP contribution in [0.15, 0.2) is 60.8 Å². The highest BCUT2D eigenvalue weighted by Crippen LogP contribution is 2.17. The molecule has 0 N–H and O–H groups in total. The Hall–Kier alpha value is -2.89. The molecular weight excluding hydrogens is 973 g/mol. The van der Waals surface area contributed by atoms with E-state index in [0.717, 1.165) is 77.0 Å². The Morgan fingerprint density at radius 1 is 0.253 bits per heavy atom. The number of esters is 3. The molecule has 0 spiro atoms. The number of carbonyl (C=O) groups is 3. The molecule has 0 aromatic heterocycles. The van der Waals surface area contributed by atoms with Crippen molar-refractivity contribution in [2.24, 2.45) is 0 Å². The first-order valence-electron chi connectivity index (χ1n) is 34.8. The van der Waals surface area contributed by atoms with Crippen molar-refractivity contribution < 1.29 is 28.6 Å². The average molecular weight is 1110 g/mol. The standard InChI is InChI=1S/C73H132O6/c1-4-7-10-13-16-19-22-25-28-31-33-35-36-38-39-42-45-48-51-54-57-60-63-66-72(75)78-69-70(68-77-71(74)65-62-59-56-53-50-47-44-41-30-27-24-21-18-15-12-9-6-3)79-73(76)67-64-61-58-55-52-49-46-43-40-37-34-32-29-26-23-20-17-14-11-8-5-2/h18,21,23,26-27,30-34,70H,4-17,19-20,22,24-25,28-29,35-69H2,1-3H3/b21-18-,26-23-,30-27-,33-31-,34-32-. The van der Waals surface area contributed by atoms with E-state index in [2.05, 4.69) is 81.5 Å². The largest absolute Gasteiger partial charge is 0.462 e. The summed E-state index contributed by atoms with van der Waals surface area (Å²) in [5.74, 6) is -0.868. The number of rotatable bonds is 64. The summed E-state index contributed by atoms with van der Waals surface area (Å²) in [6.45, 7) is 6.65. The van der Waals surface area contributed by atoms with E-state index in [1.165, 1.54) is 250 Å². The molecule has 0 aromatic rings. The van der Waals surface area contributed by atoms with Gasteiger partial charge in [-0.05, 0) is 109 Å². The molecule has 460 valence electrons. The average Bonchev–Trinajstić information content (AvgIpc) is 3.45. The van der Waals surface area contributed by atoms with Crippen LogP contribution >= 0.6 is 0 Å². The summed E-state index contributed by atoms with van der Waals surface area (Å²) < 4.78 is 17.0. The summed E-state index contributed by atoms with van der Waals surface area (Å²) >= 11 is 0. The van der Waals surface area contributed by atoms with Crippen LogP contribution in [0.25, 0.3) is 0 Å². The van der Waals surface area contributed by atoms with Gasteiger partial charge in [-0.1, -0.05) is 300 Å². The summed E-state index contributed by atoms with van der Waals surface area (Å²) in [6.07, 6.45) is 86.6. The van der Waals surface area contributed by atoms with Crippen LogP contribution < -0.4 is 0 Å². The predicted octanol–water partition coefficient (Wildman–Crippen LogP) is 23.9. The molecule has 0 heterocycles. The number of ether oxygens (including phenoxy) is 3. The van der Waals surface area contributed by atoms with Gasteiger partial charge in [0, 0.05) is 19.3 Å². The lowest BCUT2D eigenvalue weighted by molar-refractivity contribution is -0.167. The molecule has 0 saturated carbocycles. The minimum atomic E-state index is -0.782. The summed E-state index contributed by atoms with van der Waals surface area (Å²) in [6, 6.07) is 0. The van der Waals surface area contributed by atoms with Crippen molar-refractivity contribution in [2.45, 2.75) is 374 Å². The fourth-order valence-electron chi connectivity index (χ4n) is 10.2. The van der Waals surface area contributed by atoms with Gasteiger partial charge in [0.25, 0.3) is 0 Å². The maximum atomic E-state index is 13.0. The number of carbonyl (C=O) groups excluding carboxylic acids is 3. The minimum absolute atomic E-state index is 0.0766. The molecule has 1 atom stereocenters. The van der Waals surface area contributed by atoms with E-state index >= 15 is 0 Å². The minimum Gasteiger partial charge on any atom is -0.462 e. The zero-order valence-corrected chi connectivity index (χ0v) is 52.9. The molecular formula is C73H132O6. The molecule has 1 unspecified atom stereocenters. The van der Waals surface area contributed by atoms with E-state index in [9.17, 15) is 14.4 Å². The lowest BCUT2D eigenvalue weighted by Gasteiger charge is -2.18. The Morgan fingerprint density at radius 2 is 0.456 bits per heavy atom. The molecule has 0 saturated heterocycles. The molecule has 0 aromatic carbocycles. The van der Waals surface area contributed by atoms with Gasteiger partial charge in [0.05, 0.1) is 0 Å². The van der Waals surface area contributed by atoms with Gasteiger partial charge in [-0.15, -0.1) is 0 Å². The SMILES string of the molecule is CCCCC/C=C\C/C=C\CCCCCCCCCC(=O)OCC(COC(=O)CCCCCCCCCCCCC/C=C\CCCCCCCCCC)OC(=O)CCCCCCCCCCC/C=C\C/C=C\CCCCCCC. The maximum absolute atomic E-state index is 13.0. The van der Waals surface area contributed by atoms with Gasteiger partial charge in [-0.25, -0.2) is 0 Å². The number of hydrogen-bond donors (Lipinski definition) is 0. The molecule has 0 aliphatic rings. The van der Waals surface area contributed by atoms with Crippen LogP contribution in [0, 0.1) is 0 Å². The van der Waals surface area contributed by atoms with Crippen molar-refractivity contribution in [1.82, 2.24) is 0 Å². The van der Waals surface area contributed by atoms with Crippen molar-refractivity contribution in [3.05, 3.63) is 60.8 Å². The molecule has 79 heavy (non-hydrogen) atoms. The van der Waals surface area contributed by atoms with E-state index in [4.69, 9.17) is 14.2 Å². The van der Waals surface area contributed by atoms with Crippen LogP contribution in [-0.4, -0.2) is 37.2 Å². The van der Waals surface area contributed by atoms with Crippen molar-refractivity contribution in [3.63, 3.8) is 0 Å². The van der Waals surface area contributed by atoms with Gasteiger partial charge >= 0.3 is 17.9 Å². The fraction of sp³-hybridized carbons (Fsp3) is 0.822. The van der Waals surface area contributed by atoms with E-state index in [1.54, 1.807) is 0 Å². The van der Waals surface area contributed by atoms with E-state index < -0.39 is 6.10 Å². The lowest BCUT2D eigenvalue weighted by Crippen LogP contribution is -2.30. The third-order valence-electron chi connectivity index (χ3n) is 15.5. The molecule has 0 aliphatic carbocycles. The van der Waals surface area contributed by atoms with Crippen molar-refractivity contribution in [1.29, 1.82) is 0 Å². The highest BCUT2D eigenvalue weighted by molar-refractivity contribution is 5.71. The third kappa shape index (κ3) is 65.8. The van der Waals surface area contributed by atoms with Gasteiger partial charge in [0.1, 0.15) is 13.2 Å². The molecule has 0 aliphatic heterocycles. The molecule has 0 bridgehead atoms. The van der Waals surface area contributed by atoms with Gasteiger partial charge < -0.3 is 14.2 Å². The molecule has 6 heteroatoms. The van der Waals surface area contributed by atoms with Gasteiger partial charge in [-0.3, -0.25) is 14.4 Å². The second-order valence-electron chi connectivity index (χ2n) is 23.4. The Labute approximate surface area is 491 Å². The Balaban J connectivity index is 4.35. The first-order valence-corrected chi connectivity index (χ1v) is 34.8. The maximum Gasteiger partial charge on any atom is 0.306 e. The second kappa shape index (κ2) is 67.6. The first-order chi connectivity index (χ1) is 39.0. The number of hydrogen-bond acceptors (Lipinski definition) is 6. The van der Waals surface area contributed by atoms with Crippen molar-refractivity contribution >= 4 is 17.9 Å². The lowest BCUT2D eigenvalue weighted by atomic mass is 10.0. The number of unbranched alkanes of at least 4 members (excludes halogenated alkanes) is 43. The Bertz CT molecular complexity index is 1410. The third-order valence-corrected chi connectivity index (χ3v) is 15.5. The smallest absolute Gasteiger partial charge is 0.306 e.